The molecule has 11 nitrogen and oxygen atoms in total. The molecule has 2 aromatic heterocycles. The van der Waals surface area contributed by atoms with Crippen molar-refractivity contribution in [2.75, 3.05) is 12.5 Å². The van der Waals surface area contributed by atoms with E-state index in [0.29, 0.717) is 28.0 Å². The molecule has 0 radical (unpaired) electrons. The molecular formula is C20H17N6O5S+. The number of thiazole rings is 1. The van der Waals surface area contributed by atoms with Gasteiger partial charge in [0.05, 0.1) is 17.7 Å². The second kappa shape index (κ2) is 8.81. The number of rotatable bonds is 7. The van der Waals surface area contributed by atoms with E-state index in [4.69, 9.17) is 9.26 Å². The first-order valence-corrected chi connectivity index (χ1v) is 10.1. The second-order valence-electron chi connectivity index (χ2n) is 6.51. The third-order valence-electron chi connectivity index (χ3n) is 4.54. The molecule has 0 atom stereocenters. The Morgan fingerprint density at radius 3 is 2.62 bits per heavy atom. The van der Waals surface area contributed by atoms with Crippen molar-refractivity contribution in [3.8, 4) is 22.8 Å². The van der Waals surface area contributed by atoms with Crippen molar-refractivity contribution in [3.05, 3.63) is 80.0 Å². The maximum absolute atomic E-state index is 12.3. The summed E-state index contributed by atoms with van der Waals surface area (Å²) in [6, 6.07) is 13.2. The number of hydrogen-bond acceptors (Lipinski definition) is 9. The molecule has 0 amide bonds. The summed E-state index contributed by atoms with van der Waals surface area (Å²) in [6.45, 7) is 1.76. The van der Waals surface area contributed by atoms with Crippen molar-refractivity contribution in [2.24, 2.45) is 5.10 Å². The summed E-state index contributed by atoms with van der Waals surface area (Å²) in [4.78, 5) is 27.0. The molecule has 0 fully saturated rings. The van der Waals surface area contributed by atoms with Gasteiger partial charge in [0.15, 0.2) is 5.69 Å². The molecule has 0 aliphatic rings. The predicted octanol–water partition coefficient (Wildman–Crippen LogP) is 3.12. The van der Waals surface area contributed by atoms with Crippen LogP contribution in [0.1, 0.15) is 12.5 Å². The average molecular weight is 453 g/mol. The Labute approximate surface area is 184 Å². The fourth-order valence-electron chi connectivity index (χ4n) is 2.86. The van der Waals surface area contributed by atoms with Gasteiger partial charge in [-0.1, -0.05) is 0 Å². The lowest BCUT2D eigenvalue weighted by atomic mass is 10.1. The number of benzene rings is 2. The van der Waals surface area contributed by atoms with Crippen LogP contribution in [-0.4, -0.2) is 28.0 Å². The van der Waals surface area contributed by atoms with E-state index in [1.165, 1.54) is 28.2 Å². The molecule has 2 N–H and O–H groups in total. The molecule has 0 aliphatic heterocycles. The summed E-state index contributed by atoms with van der Waals surface area (Å²) < 4.78 is 11.6. The topological polar surface area (TPSA) is 140 Å². The Kier molecular flexibility index (Phi) is 5.77. The van der Waals surface area contributed by atoms with Gasteiger partial charge in [-0.15, -0.1) is 11.3 Å². The standard InChI is InChI=1S/C20H16N6O5S/c1-12(13-3-5-15(6-4-13)26(28)29)22-23-20-21-17(11-32-20)18-19(27)31-24-25(18)14-7-9-16(30-2)10-8-14/h3-11H,1-2H3,(H-,21,23,24,27)/p+1/b22-12+. The number of nitrogens with one attached hydrogen (secondary N) is 2. The number of nitro groups is 1. The highest BCUT2D eigenvalue weighted by atomic mass is 32.1. The van der Waals surface area contributed by atoms with E-state index in [1.54, 1.807) is 55.8 Å². The number of methoxy groups -OCH3 is 1. The number of nitrogens with zero attached hydrogens (tertiary/aromatic N) is 4. The van der Waals surface area contributed by atoms with Crippen molar-refractivity contribution in [1.29, 1.82) is 0 Å². The Morgan fingerprint density at radius 1 is 1.25 bits per heavy atom. The zero-order valence-corrected chi connectivity index (χ0v) is 17.8. The molecule has 0 unspecified atom stereocenters. The van der Waals surface area contributed by atoms with Gasteiger partial charge < -0.3 is 4.74 Å². The highest BCUT2D eigenvalue weighted by Gasteiger charge is 2.27. The molecule has 12 heteroatoms. The predicted molar refractivity (Wildman–Crippen MR) is 117 cm³/mol. The van der Waals surface area contributed by atoms with Gasteiger partial charge in [-0.25, -0.2) is 9.78 Å². The highest BCUT2D eigenvalue weighted by Crippen LogP contribution is 2.22. The minimum absolute atomic E-state index is 0.00886. The quantitative estimate of drug-likeness (QED) is 0.190. The van der Waals surface area contributed by atoms with Crippen LogP contribution in [0.2, 0.25) is 0 Å². The van der Waals surface area contributed by atoms with Gasteiger partial charge in [-0.3, -0.25) is 20.1 Å². The van der Waals surface area contributed by atoms with Crippen LogP contribution in [0.3, 0.4) is 0 Å². The smallest absolute Gasteiger partial charge is 0.437 e. The molecule has 0 aliphatic carbocycles. The molecule has 32 heavy (non-hydrogen) atoms. The first-order chi connectivity index (χ1) is 15.5. The Balaban J connectivity index is 1.55. The van der Waals surface area contributed by atoms with E-state index in [9.17, 15) is 14.9 Å². The maximum Gasteiger partial charge on any atom is 0.437 e. The lowest BCUT2D eigenvalue weighted by Gasteiger charge is -2.01. The Hall–Kier alpha value is -4.32. The van der Waals surface area contributed by atoms with Crippen LogP contribution in [0.15, 0.2) is 68.3 Å². The average Bonchev–Trinajstić information content (AvgIpc) is 3.43. The van der Waals surface area contributed by atoms with Crippen molar-refractivity contribution in [3.63, 3.8) is 0 Å². The largest absolute Gasteiger partial charge is 0.497 e. The van der Waals surface area contributed by atoms with E-state index in [2.05, 4.69) is 20.8 Å². The molecule has 4 aromatic rings. The van der Waals surface area contributed by atoms with Gasteiger partial charge in [0.1, 0.15) is 5.75 Å². The number of hydrazone groups is 1. The van der Waals surface area contributed by atoms with E-state index < -0.39 is 10.5 Å². The summed E-state index contributed by atoms with van der Waals surface area (Å²) in [5, 5.41) is 19.8. The number of aromatic amines is 1. The van der Waals surface area contributed by atoms with Crippen molar-refractivity contribution < 1.29 is 18.9 Å². The first-order valence-electron chi connectivity index (χ1n) is 9.25. The third kappa shape index (κ3) is 4.25. The highest BCUT2D eigenvalue weighted by molar-refractivity contribution is 7.14. The number of H-pyrrole nitrogens is 1. The SMILES string of the molecule is COc1ccc(-[n+]2[nH]oc(=O)c2-c2csc(N/N=C(\C)c3ccc([N+](=O)[O-])cc3)n2)cc1. The molecule has 0 spiro atoms. The second-order valence-corrected chi connectivity index (χ2v) is 7.37. The van der Waals surface area contributed by atoms with E-state index in [-0.39, 0.29) is 11.4 Å². The van der Waals surface area contributed by atoms with E-state index >= 15 is 0 Å². The summed E-state index contributed by atoms with van der Waals surface area (Å²) in [6.07, 6.45) is 0. The maximum atomic E-state index is 12.3. The van der Waals surface area contributed by atoms with Crippen LogP contribution < -0.4 is 20.5 Å². The number of hydrogen-bond donors (Lipinski definition) is 2. The summed E-state index contributed by atoms with van der Waals surface area (Å²) in [5.41, 5.74) is 4.94. The van der Waals surface area contributed by atoms with E-state index in [1.807, 2.05) is 0 Å². The van der Waals surface area contributed by atoms with Gasteiger partial charge in [0.2, 0.25) is 10.8 Å². The first kappa shape index (κ1) is 20.9. The molecule has 2 heterocycles. The van der Waals surface area contributed by atoms with Crippen molar-refractivity contribution >= 4 is 27.9 Å². The summed E-state index contributed by atoms with van der Waals surface area (Å²) in [7, 11) is 1.57. The van der Waals surface area contributed by atoms with Crippen LogP contribution in [0.25, 0.3) is 17.1 Å². The number of non-ortho nitro benzene ring substituents is 1. The van der Waals surface area contributed by atoms with E-state index in [0.717, 1.165) is 5.56 Å². The summed E-state index contributed by atoms with van der Waals surface area (Å²) in [5.74, 6) is 0.683. The van der Waals surface area contributed by atoms with Crippen LogP contribution in [0.4, 0.5) is 10.8 Å². The fraction of sp³-hybridized carbons (Fsp3) is 0.100. The molecule has 0 saturated heterocycles. The van der Waals surface area contributed by atoms with Crippen molar-refractivity contribution in [2.45, 2.75) is 6.92 Å². The normalized spacial score (nSPS) is 11.4. The molecular weight excluding hydrogens is 436 g/mol. The monoisotopic (exact) mass is 453 g/mol. The van der Waals surface area contributed by atoms with Gasteiger partial charge in [-0.05, 0) is 46.7 Å². The molecule has 0 bridgehead atoms. The number of ether oxygens (including phenoxy) is 1. The molecule has 2 aromatic carbocycles. The lowest BCUT2D eigenvalue weighted by Crippen LogP contribution is -2.36. The van der Waals surface area contributed by atoms with Gasteiger partial charge >= 0.3 is 11.3 Å². The lowest BCUT2D eigenvalue weighted by molar-refractivity contribution is -0.660. The zero-order chi connectivity index (χ0) is 22.7. The molecule has 0 saturated carbocycles. The minimum Gasteiger partial charge on any atom is -0.497 e. The minimum atomic E-state index is -0.566. The van der Waals surface area contributed by atoms with Gasteiger partial charge in [0.25, 0.3) is 5.69 Å². The molecule has 162 valence electrons. The van der Waals surface area contributed by atoms with Crippen LogP contribution in [-0.2, 0) is 0 Å². The van der Waals surface area contributed by atoms with Gasteiger partial charge in [-0.2, -0.15) is 5.10 Å². The Morgan fingerprint density at radius 2 is 1.97 bits per heavy atom. The number of anilines is 1. The van der Waals surface area contributed by atoms with Gasteiger partial charge in [0, 0.05) is 29.6 Å². The van der Waals surface area contributed by atoms with Crippen LogP contribution in [0.5, 0.6) is 5.75 Å². The molecule has 4 rings (SSSR count). The van der Waals surface area contributed by atoms with Crippen LogP contribution >= 0.6 is 11.3 Å². The summed E-state index contributed by atoms with van der Waals surface area (Å²) >= 11 is 1.26. The zero-order valence-electron chi connectivity index (χ0n) is 16.9. The third-order valence-corrected chi connectivity index (χ3v) is 5.29. The number of aromatic nitrogens is 3. The Bertz CT molecular complexity index is 1340. The van der Waals surface area contributed by atoms with Crippen LogP contribution in [0, 0.1) is 10.1 Å². The fourth-order valence-corrected chi connectivity index (χ4v) is 3.50. The number of nitro benzene ring substituents is 1. The van der Waals surface area contributed by atoms with Crippen molar-refractivity contribution in [1.82, 2.24) is 10.3 Å².